The Morgan fingerprint density at radius 2 is 1.90 bits per heavy atom. The zero-order chi connectivity index (χ0) is 28.1. The molecule has 0 radical (unpaired) electrons. The van der Waals surface area contributed by atoms with Crippen LogP contribution in [0.25, 0.3) is 11.1 Å². The number of carbonyl (C=O) groups excluding carboxylic acids is 2. The third-order valence-corrected chi connectivity index (χ3v) is 7.61. The standard InChI is InChI=1S/C27H26F2N4O4S2/c1-5-33-24(16(3)37-21-11-10-18(28)12-20(21)29)31-32-27(33)39-14-22(34)30-25-23(26(35)36-4)19(13-38-25)17-8-6-15(2)7-9-17/h6-13,16H,5,14H2,1-4H3,(H,30,34). The van der Waals surface area contributed by atoms with Crippen molar-refractivity contribution in [1.29, 1.82) is 0 Å². The number of methoxy groups -OCH3 is 1. The highest BCUT2D eigenvalue weighted by atomic mass is 32.2. The third kappa shape index (κ3) is 6.45. The van der Waals surface area contributed by atoms with Gasteiger partial charge in [-0.15, -0.1) is 21.5 Å². The van der Waals surface area contributed by atoms with Crippen LogP contribution in [0.4, 0.5) is 13.8 Å². The summed E-state index contributed by atoms with van der Waals surface area (Å²) >= 11 is 2.40. The predicted octanol–water partition coefficient (Wildman–Crippen LogP) is 6.27. The van der Waals surface area contributed by atoms with E-state index in [4.69, 9.17) is 9.47 Å². The van der Waals surface area contributed by atoms with Gasteiger partial charge in [0.05, 0.1) is 12.9 Å². The summed E-state index contributed by atoms with van der Waals surface area (Å²) in [5, 5.41) is 13.8. The molecule has 2 heterocycles. The number of hydrogen-bond donors (Lipinski definition) is 1. The average molecular weight is 573 g/mol. The number of ether oxygens (including phenoxy) is 2. The van der Waals surface area contributed by atoms with E-state index >= 15 is 0 Å². The van der Waals surface area contributed by atoms with Gasteiger partial charge in [-0.3, -0.25) is 4.79 Å². The minimum absolute atomic E-state index is 0.00165. The molecule has 4 rings (SSSR count). The molecule has 0 spiro atoms. The first-order valence-corrected chi connectivity index (χ1v) is 13.8. The number of nitrogens with zero attached hydrogens (tertiary/aromatic N) is 3. The molecule has 0 aliphatic rings. The molecule has 2 aromatic heterocycles. The molecule has 1 N–H and O–H groups in total. The van der Waals surface area contributed by atoms with Crippen LogP contribution in [0.1, 0.15) is 41.7 Å². The van der Waals surface area contributed by atoms with E-state index in [0.717, 1.165) is 35.0 Å². The Hall–Kier alpha value is -3.77. The molecule has 0 saturated heterocycles. The summed E-state index contributed by atoms with van der Waals surface area (Å²) in [6.07, 6.45) is -0.686. The highest BCUT2D eigenvalue weighted by Gasteiger charge is 2.24. The lowest BCUT2D eigenvalue weighted by molar-refractivity contribution is -0.113. The normalized spacial score (nSPS) is 11.7. The van der Waals surface area contributed by atoms with Crippen molar-refractivity contribution in [2.45, 2.75) is 38.6 Å². The van der Waals surface area contributed by atoms with Crippen molar-refractivity contribution in [2.24, 2.45) is 0 Å². The summed E-state index contributed by atoms with van der Waals surface area (Å²) in [4.78, 5) is 25.4. The number of esters is 1. The molecule has 204 valence electrons. The van der Waals surface area contributed by atoms with E-state index < -0.39 is 23.7 Å². The van der Waals surface area contributed by atoms with Gasteiger partial charge in [0.2, 0.25) is 5.91 Å². The van der Waals surface area contributed by atoms with Crippen LogP contribution in [0.15, 0.2) is 53.0 Å². The molecule has 0 bridgehead atoms. The van der Waals surface area contributed by atoms with E-state index in [1.54, 1.807) is 11.5 Å². The first-order chi connectivity index (χ1) is 18.7. The lowest BCUT2D eigenvalue weighted by atomic mass is 10.0. The van der Waals surface area contributed by atoms with Crippen LogP contribution < -0.4 is 10.1 Å². The number of thiophene rings is 1. The van der Waals surface area contributed by atoms with Crippen LogP contribution in [0, 0.1) is 18.6 Å². The summed E-state index contributed by atoms with van der Waals surface area (Å²) in [6, 6.07) is 10.8. The highest BCUT2D eigenvalue weighted by molar-refractivity contribution is 7.99. The molecule has 1 unspecified atom stereocenters. The van der Waals surface area contributed by atoms with Gasteiger partial charge in [-0.2, -0.15) is 0 Å². The van der Waals surface area contributed by atoms with Crippen molar-refractivity contribution in [2.75, 3.05) is 18.2 Å². The maximum absolute atomic E-state index is 14.0. The van der Waals surface area contributed by atoms with E-state index in [1.807, 2.05) is 43.5 Å². The first kappa shape index (κ1) is 28.2. The Balaban J connectivity index is 1.46. The Labute approximate surface area is 232 Å². The van der Waals surface area contributed by atoms with E-state index in [1.165, 1.54) is 24.5 Å². The Kier molecular flexibility index (Phi) is 8.97. The molecule has 0 fully saturated rings. The summed E-state index contributed by atoms with van der Waals surface area (Å²) in [7, 11) is 1.30. The van der Waals surface area contributed by atoms with Gasteiger partial charge in [-0.1, -0.05) is 41.6 Å². The van der Waals surface area contributed by atoms with Crippen LogP contribution in [0.3, 0.4) is 0 Å². The van der Waals surface area contributed by atoms with E-state index in [0.29, 0.717) is 33.7 Å². The molecule has 0 aliphatic heterocycles. The number of nitrogens with one attached hydrogen (secondary N) is 1. The molecule has 39 heavy (non-hydrogen) atoms. The number of anilines is 1. The molecule has 1 amide bonds. The van der Waals surface area contributed by atoms with E-state index in [2.05, 4.69) is 15.5 Å². The van der Waals surface area contributed by atoms with Gasteiger partial charge in [0.25, 0.3) is 0 Å². The number of amides is 1. The number of halogens is 2. The molecular weight excluding hydrogens is 546 g/mol. The Morgan fingerprint density at radius 1 is 1.15 bits per heavy atom. The molecule has 4 aromatic rings. The van der Waals surface area contributed by atoms with Gasteiger partial charge >= 0.3 is 5.97 Å². The number of rotatable bonds is 10. The number of hydrogen-bond acceptors (Lipinski definition) is 8. The van der Waals surface area contributed by atoms with E-state index in [9.17, 15) is 18.4 Å². The van der Waals surface area contributed by atoms with Crippen molar-refractivity contribution in [3.63, 3.8) is 0 Å². The van der Waals surface area contributed by atoms with Gasteiger partial charge in [-0.05, 0) is 38.5 Å². The maximum Gasteiger partial charge on any atom is 0.341 e. The average Bonchev–Trinajstić information content (AvgIpc) is 3.53. The van der Waals surface area contributed by atoms with Crippen LogP contribution >= 0.6 is 23.1 Å². The molecular formula is C27H26F2N4O4S2. The van der Waals surface area contributed by atoms with Gasteiger partial charge in [0, 0.05) is 23.6 Å². The quantitative estimate of drug-likeness (QED) is 0.177. The lowest BCUT2D eigenvalue weighted by Gasteiger charge is -2.16. The second-order valence-corrected chi connectivity index (χ2v) is 10.3. The van der Waals surface area contributed by atoms with Crippen LogP contribution in [-0.4, -0.2) is 39.5 Å². The highest BCUT2D eigenvalue weighted by Crippen LogP contribution is 2.36. The summed E-state index contributed by atoms with van der Waals surface area (Å²) in [5.41, 5.74) is 2.90. The zero-order valence-corrected chi connectivity index (χ0v) is 23.3. The smallest absolute Gasteiger partial charge is 0.341 e. The number of aromatic nitrogens is 3. The van der Waals surface area contributed by atoms with Gasteiger partial charge in [-0.25, -0.2) is 13.6 Å². The van der Waals surface area contributed by atoms with Crippen molar-refractivity contribution in [3.05, 3.63) is 76.4 Å². The monoisotopic (exact) mass is 572 g/mol. The fourth-order valence-electron chi connectivity index (χ4n) is 3.81. The summed E-state index contributed by atoms with van der Waals surface area (Å²) < 4.78 is 39.6. The SMILES string of the molecule is CCn1c(SCC(=O)Nc2scc(-c3ccc(C)cc3)c2C(=O)OC)nnc1C(C)Oc1ccc(F)cc1F. The van der Waals surface area contributed by atoms with Crippen molar-refractivity contribution in [3.8, 4) is 16.9 Å². The second kappa shape index (κ2) is 12.4. The van der Waals surface area contributed by atoms with Crippen molar-refractivity contribution >= 4 is 40.0 Å². The minimum Gasteiger partial charge on any atom is -0.480 e. The summed E-state index contributed by atoms with van der Waals surface area (Å²) in [6.45, 7) is 6.01. The van der Waals surface area contributed by atoms with Gasteiger partial charge < -0.3 is 19.4 Å². The van der Waals surface area contributed by atoms with Crippen molar-refractivity contribution < 1.29 is 27.8 Å². The van der Waals surface area contributed by atoms with Crippen LogP contribution in [0.2, 0.25) is 0 Å². The number of thioether (sulfide) groups is 1. The molecule has 0 aliphatic carbocycles. The third-order valence-electron chi connectivity index (χ3n) is 5.75. The number of aryl methyl sites for hydroxylation is 1. The largest absolute Gasteiger partial charge is 0.480 e. The molecule has 0 saturated carbocycles. The van der Waals surface area contributed by atoms with Gasteiger partial charge in [0.15, 0.2) is 28.7 Å². The topological polar surface area (TPSA) is 95.3 Å². The van der Waals surface area contributed by atoms with Gasteiger partial charge in [0.1, 0.15) is 16.4 Å². The molecule has 1 atom stereocenters. The lowest BCUT2D eigenvalue weighted by Crippen LogP contribution is -2.17. The fourth-order valence-corrected chi connectivity index (χ4v) is 5.59. The fraction of sp³-hybridized carbons (Fsp3) is 0.259. The summed E-state index contributed by atoms with van der Waals surface area (Å²) in [5.74, 6) is -2.08. The van der Waals surface area contributed by atoms with Crippen LogP contribution in [0.5, 0.6) is 5.75 Å². The molecule has 2 aromatic carbocycles. The molecule has 12 heteroatoms. The minimum atomic E-state index is -0.818. The number of benzene rings is 2. The van der Waals surface area contributed by atoms with E-state index in [-0.39, 0.29) is 17.4 Å². The predicted molar refractivity (Wildman–Crippen MR) is 146 cm³/mol. The zero-order valence-electron chi connectivity index (χ0n) is 21.7. The second-order valence-electron chi connectivity index (χ2n) is 8.47. The Bertz CT molecular complexity index is 1490. The number of carbonyl (C=O) groups is 2. The Morgan fingerprint density at radius 3 is 2.56 bits per heavy atom. The first-order valence-electron chi connectivity index (χ1n) is 12.0. The molecule has 8 nitrogen and oxygen atoms in total. The van der Waals surface area contributed by atoms with Crippen molar-refractivity contribution in [1.82, 2.24) is 14.8 Å². The van der Waals surface area contributed by atoms with Crippen LogP contribution in [-0.2, 0) is 16.1 Å². The maximum atomic E-state index is 14.0.